The molecule has 1 amide bonds. The van der Waals surface area contributed by atoms with Gasteiger partial charge < -0.3 is 9.84 Å². The predicted octanol–water partition coefficient (Wildman–Crippen LogP) is 4.82. The third kappa shape index (κ3) is 3.54. The maximum absolute atomic E-state index is 13.8. The number of Topliss-reactive ketones (excluding diaryl/α,β-unsaturated/α-hetero) is 1. The van der Waals surface area contributed by atoms with Gasteiger partial charge in [-0.3, -0.25) is 19.5 Å². The lowest BCUT2D eigenvalue weighted by atomic mass is 9.96. The van der Waals surface area contributed by atoms with E-state index in [0.29, 0.717) is 17.7 Å². The first-order valence-electron chi connectivity index (χ1n) is 10.3. The molecule has 8 heteroatoms. The second kappa shape index (κ2) is 8.01. The van der Waals surface area contributed by atoms with Gasteiger partial charge in [0.25, 0.3) is 11.7 Å². The molecule has 0 saturated carbocycles. The van der Waals surface area contributed by atoms with E-state index in [9.17, 15) is 19.1 Å². The molecule has 5 rings (SSSR count). The van der Waals surface area contributed by atoms with E-state index in [1.807, 2.05) is 6.92 Å². The molecule has 0 bridgehead atoms. The highest BCUT2D eigenvalue weighted by Crippen LogP contribution is 2.42. The number of aromatic nitrogens is 1. The Morgan fingerprint density at radius 2 is 2.00 bits per heavy atom. The summed E-state index contributed by atoms with van der Waals surface area (Å²) in [5.41, 5.74) is 1.78. The first-order chi connectivity index (χ1) is 15.8. The number of hydrogen-bond donors (Lipinski definition) is 1. The monoisotopic (exact) mass is 464 g/mol. The molecule has 0 radical (unpaired) electrons. The molecule has 2 unspecified atom stereocenters. The van der Waals surface area contributed by atoms with E-state index in [-0.39, 0.29) is 28.1 Å². The van der Waals surface area contributed by atoms with E-state index in [4.69, 9.17) is 16.3 Å². The largest absolute Gasteiger partial charge is 0.507 e. The highest BCUT2D eigenvalue weighted by Gasteiger charge is 2.47. The summed E-state index contributed by atoms with van der Waals surface area (Å²) in [6, 6.07) is 12.9. The first-order valence-corrected chi connectivity index (χ1v) is 10.7. The van der Waals surface area contributed by atoms with Crippen LogP contribution in [0.5, 0.6) is 5.75 Å². The van der Waals surface area contributed by atoms with Crippen molar-refractivity contribution in [3.05, 3.63) is 94.0 Å². The molecule has 2 aromatic carbocycles. The Kier molecular flexibility index (Phi) is 5.13. The molecular formula is C25H18ClFN2O4. The summed E-state index contributed by atoms with van der Waals surface area (Å²) in [5, 5.41) is 11.0. The maximum atomic E-state index is 13.8. The van der Waals surface area contributed by atoms with Gasteiger partial charge in [0, 0.05) is 23.9 Å². The Bertz CT molecular complexity index is 1330. The molecule has 1 fully saturated rings. The molecule has 1 aromatic heterocycles. The van der Waals surface area contributed by atoms with Crippen LogP contribution in [0.25, 0.3) is 5.76 Å². The molecule has 1 saturated heterocycles. The Hall–Kier alpha value is -3.71. The van der Waals surface area contributed by atoms with Crippen LogP contribution in [0.15, 0.2) is 66.4 Å². The SMILES string of the molecule is CC1Cc2cc(/C(O)=C3/C(=O)C(=O)N(c4ccc(F)c(Cl)c4)C3c3ccccn3)ccc2O1. The summed E-state index contributed by atoms with van der Waals surface area (Å²) in [4.78, 5) is 31.8. The quantitative estimate of drug-likeness (QED) is 0.341. The van der Waals surface area contributed by atoms with Gasteiger partial charge in [-0.05, 0) is 61.0 Å². The van der Waals surface area contributed by atoms with E-state index >= 15 is 0 Å². The molecule has 166 valence electrons. The third-order valence-corrected chi connectivity index (χ3v) is 6.05. The number of benzene rings is 2. The fourth-order valence-corrected chi connectivity index (χ4v) is 4.45. The lowest BCUT2D eigenvalue weighted by molar-refractivity contribution is -0.132. The van der Waals surface area contributed by atoms with Crippen molar-refractivity contribution in [3.63, 3.8) is 0 Å². The number of ketones is 1. The van der Waals surface area contributed by atoms with Crippen LogP contribution in [-0.4, -0.2) is 27.9 Å². The van der Waals surface area contributed by atoms with E-state index in [1.54, 1.807) is 36.4 Å². The number of halogens is 2. The number of aliphatic hydroxyl groups excluding tert-OH is 1. The van der Waals surface area contributed by atoms with Gasteiger partial charge in [0.15, 0.2) is 0 Å². The highest BCUT2D eigenvalue weighted by molar-refractivity contribution is 6.51. The Labute approximate surface area is 193 Å². The van der Waals surface area contributed by atoms with E-state index in [1.165, 1.54) is 23.2 Å². The molecule has 3 heterocycles. The van der Waals surface area contributed by atoms with Crippen molar-refractivity contribution in [3.8, 4) is 5.75 Å². The molecule has 2 atom stereocenters. The Balaban J connectivity index is 1.69. The summed E-state index contributed by atoms with van der Waals surface area (Å²) in [6.45, 7) is 1.94. The fraction of sp³-hybridized carbons (Fsp3) is 0.160. The number of carbonyl (C=O) groups is 2. The number of fused-ring (bicyclic) bond motifs is 1. The number of carbonyl (C=O) groups excluding carboxylic acids is 2. The fourth-order valence-electron chi connectivity index (χ4n) is 4.28. The predicted molar refractivity (Wildman–Crippen MR) is 121 cm³/mol. The summed E-state index contributed by atoms with van der Waals surface area (Å²) < 4.78 is 19.5. The van der Waals surface area contributed by atoms with Crippen molar-refractivity contribution in [2.75, 3.05) is 4.90 Å². The summed E-state index contributed by atoms with van der Waals surface area (Å²) in [6.07, 6.45) is 2.21. The third-order valence-electron chi connectivity index (χ3n) is 5.76. The minimum atomic E-state index is -1.02. The van der Waals surface area contributed by atoms with Gasteiger partial charge in [0.05, 0.1) is 16.3 Å². The van der Waals surface area contributed by atoms with Gasteiger partial charge in [-0.1, -0.05) is 17.7 Å². The number of nitrogens with zero attached hydrogens (tertiary/aromatic N) is 2. The van der Waals surface area contributed by atoms with Crippen LogP contribution in [0, 0.1) is 5.82 Å². The molecule has 2 aliphatic heterocycles. The van der Waals surface area contributed by atoms with Crippen molar-refractivity contribution < 1.29 is 23.8 Å². The van der Waals surface area contributed by atoms with E-state index in [2.05, 4.69) is 4.98 Å². The van der Waals surface area contributed by atoms with E-state index < -0.39 is 23.5 Å². The summed E-state index contributed by atoms with van der Waals surface area (Å²) in [5.74, 6) is -1.98. The van der Waals surface area contributed by atoms with Crippen LogP contribution in [0.2, 0.25) is 5.02 Å². The lowest BCUT2D eigenvalue weighted by Gasteiger charge is -2.24. The van der Waals surface area contributed by atoms with Gasteiger partial charge in [-0.15, -0.1) is 0 Å². The number of anilines is 1. The smallest absolute Gasteiger partial charge is 0.300 e. The topological polar surface area (TPSA) is 79.7 Å². The zero-order chi connectivity index (χ0) is 23.3. The second-order valence-electron chi connectivity index (χ2n) is 7.98. The van der Waals surface area contributed by atoms with Crippen LogP contribution in [-0.2, 0) is 16.0 Å². The van der Waals surface area contributed by atoms with Crippen LogP contribution in [0.4, 0.5) is 10.1 Å². The van der Waals surface area contributed by atoms with Crippen LogP contribution in [0.1, 0.15) is 29.8 Å². The Morgan fingerprint density at radius 1 is 1.18 bits per heavy atom. The minimum Gasteiger partial charge on any atom is -0.507 e. The molecule has 33 heavy (non-hydrogen) atoms. The van der Waals surface area contributed by atoms with Crippen LogP contribution >= 0.6 is 11.6 Å². The minimum absolute atomic E-state index is 0.0136. The van der Waals surface area contributed by atoms with Gasteiger partial charge in [0.2, 0.25) is 0 Å². The molecule has 2 aliphatic rings. The number of amides is 1. The lowest BCUT2D eigenvalue weighted by Crippen LogP contribution is -2.29. The number of rotatable bonds is 3. The van der Waals surface area contributed by atoms with Crippen molar-refractivity contribution in [1.29, 1.82) is 0 Å². The molecule has 0 aliphatic carbocycles. The van der Waals surface area contributed by atoms with Gasteiger partial charge in [0.1, 0.15) is 29.5 Å². The number of ether oxygens (including phenoxy) is 1. The average Bonchev–Trinajstić information content (AvgIpc) is 3.31. The number of hydrogen-bond acceptors (Lipinski definition) is 5. The van der Waals surface area contributed by atoms with Gasteiger partial charge >= 0.3 is 0 Å². The van der Waals surface area contributed by atoms with Gasteiger partial charge in [-0.25, -0.2) is 4.39 Å². The maximum Gasteiger partial charge on any atom is 0.300 e. The molecule has 0 spiro atoms. The molecule has 6 nitrogen and oxygen atoms in total. The van der Waals surface area contributed by atoms with Crippen LogP contribution < -0.4 is 9.64 Å². The number of pyridine rings is 1. The molecular weight excluding hydrogens is 447 g/mol. The Morgan fingerprint density at radius 3 is 2.73 bits per heavy atom. The van der Waals surface area contributed by atoms with Crippen molar-refractivity contribution in [2.24, 2.45) is 0 Å². The second-order valence-corrected chi connectivity index (χ2v) is 8.38. The number of aliphatic hydroxyl groups is 1. The summed E-state index contributed by atoms with van der Waals surface area (Å²) >= 11 is 5.94. The van der Waals surface area contributed by atoms with Crippen molar-refractivity contribution in [1.82, 2.24) is 4.98 Å². The first kappa shape index (κ1) is 21.2. The summed E-state index contributed by atoms with van der Waals surface area (Å²) in [7, 11) is 0. The molecule has 1 N–H and O–H groups in total. The zero-order valence-electron chi connectivity index (χ0n) is 17.5. The molecule has 3 aromatic rings. The van der Waals surface area contributed by atoms with Gasteiger partial charge in [-0.2, -0.15) is 0 Å². The van der Waals surface area contributed by atoms with Crippen molar-refractivity contribution >= 4 is 34.7 Å². The highest BCUT2D eigenvalue weighted by atomic mass is 35.5. The average molecular weight is 465 g/mol. The van der Waals surface area contributed by atoms with Crippen molar-refractivity contribution in [2.45, 2.75) is 25.5 Å². The zero-order valence-corrected chi connectivity index (χ0v) is 18.2. The normalized spacial score (nSPS) is 21.2. The van der Waals surface area contributed by atoms with Crippen LogP contribution in [0.3, 0.4) is 0 Å². The standard InChI is InChI=1S/C25H18ClFN2O4/c1-13-10-15-11-14(5-8-20(15)33-13)23(30)21-22(19-4-2-3-9-28-19)29(25(32)24(21)31)16-6-7-18(27)17(26)12-16/h2-9,11-13,22,30H,10H2,1H3/b23-21-. The van der Waals surface area contributed by atoms with E-state index in [0.717, 1.165) is 17.4 Å².